The molecular formula is C39H22N7+. The molecule has 7 aromatic rings. The molecule has 0 radical (unpaired) electrons. The van der Waals surface area contributed by atoms with Gasteiger partial charge in [0.1, 0.15) is 0 Å². The number of fused-ring (bicyclic) bond motifs is 6. The van der Waals surface area contributed by atoms with Gasteiger partial charge in [-0.05, 0) is 77.9 Å². The molecule has 1 atom stereocenters. The van der Waals surface area contributed by atoms with Crippen molar-refractivity contribution >= 4 is 55.0 Å². The summed E-state index contributed by atoms with van der Waals surface area (Å²) < 4.78 is 4.45. The van der Waals surface area contributed by atoms with Crippen LogP contribution in [0.2, 0.25) is 0 Å². The molecule has 3 heterocycles. The lowest BCUT2D eigenvalue weighted by Gasteiger charge is -2.24. The van der Waals surface area contributed by atoms with Gasteiger partial charge in [-0.25, -0.2) is 0 Å². The van der Waals surface area contributed by atoms with E-state index in [0.29, 0.717) is 22.3 Å². The molecule has 1 aliphatic heterocycles. The van der Waals surface area contributed by atoms with Crippen LogP contribution in [-0.2, 0) is 0 Å². The Kier molecular flexibility index (Phi) is 6.02. The molecule has 0 bridgehead atoms. The smallest absolute Gasteiger partial charge is 0.212 e. The van der Waals surface area contributed by atoms with Crippen LogP contribution in [-0.4, -0.2) is 9.13 Å². The van der Waals surface area contributed by atoms with Crippen molar-refractivity contribution in [2.75, 3.05) is 0 Å². The minimum atomic E-state index is -0.294. The molecule has 7 heteroatoms. The molecule has 0 saturated heterocycles. The number of para-hydroxylation sites is 1. The summed E-state index contributed by atoms with van der Waals surface area (Å²) in [5, 5.41) is 45.2. The molecular weight excluding hydrogens is 566 g/mol. The number of nitriles is 4. The van der Waals surface area contributed by atoms with E-state index in [1.54, 1.807) is 0 Å². The van der Waals surface area contributed by atoms with E-state index < -0.39 is 0 Å². The highest BCUT2D eigenvalue weighted by Gasteiger charge is 2.28. The lowest BCUT2D eigenvalue weighted by atomic mass is 9.97. The van der Waals surface area contributed by atoms with Crippen LogP contribution in [0.15, 0.2) is 115 Å². The van der Waals surface area contributed by atoms with E-state index in [1.165, 1.54) is 0 Å². The normalized spacial score (nSPS) is 14.4. The molecule has 1 aliphatic rings. The number of aromatic nitrogens is 2. The number of benzene rings is 5. The van der Waals surface area contributed by atoms with Crippen molar-refractivity contribution in [2.45, 2.75) is 6.17 Å². The molecule has 46 heavy (non-hydrogen) atoms. The largest absolute Gasteiger partial charge is 0.287 e. The van der Waals surface area contributed by atoms with Gasteiger partial charge in [0, 0.05) is 33.7 Å². The van der Waals surface area contributed by atoms with E-state index in [0.717, 1.165) is 60.6 Å². The summed E-state index contributed by atoms with van der Waals surface area (Å²) in [4.78, 5) is 0. The summed E-state index contributed by atoms with van der Waals surface area (Å²) in [7, 11) is 0. The molecule has 5 aromatic carbocycles. The highest BCUT2D eigenvalue weighted by atomic mass is 15.3. The Labute approximate surface area is 263 Å². The molecule has 0 aliphatic carbocycles. The standard InChI is InChI=1S/C39H21N7/c40-20-24-9-12-35-31(15-24)30-7-3-4-8-34(30)45(35)38-18-28(29-6-2-1-5-27(29)23-43)19-39(44-38)46-36-13-10-25(21-41)16-32(36)33-17-26(22-42)11-14-37(33)46/h1-19,39,44H/p+1. The summed E-state index contributed by atoms with van der Waals surface area (Å²) in [6, 6.07) is 42.0. The van der Waals surface area contributed by atoms with Gasteiger partial charge in [0.25, 0.3) is 0 Å². The Morgan fingerprint density at radius 1 is 0.543 bits per heavy atom. The van der Waals surface area contributed by atoms with Crippen molar-refractivity contribution in [1.82, 2.24) is 9.13 Å². The zero-order valence-electron chi connectivity index (χ0n) is 24.3. The average molecular weight is 589 g/mol. The van der Waals surface area contributed by atoms with E-state index >= 15 is 0 Å². The lowest BCUT2D eigenvalue weighted by Crippen LogP contribution is -2.84. The number of hydrogen-bond donors (Lipinski definition) is 1. The number of allylic oxidation sites excluding steroid dienone is 2. The lowest BCUT2D eigenvalue weighted by molar-refractivity contribution is -0.619. The highest BCUT2D eigenvalue weighted by molar-refractivity contribution is 6.11. The van der Waals surface area contributed by atoms with E-state index in [9.17, 15) is 21.0 Å². The quantitative estimate of drug-likeness (QED) is 0.238. The highest BCUT2D eigenvalue weighted by Crippen LogP contribution is 2.37. The van der Waals surface area contributed by atoms with Crippen LogP contribution in [0.5, 0.6) is 0 Å². The minimum Gasteiger partial charge on any atom is -0.287 e. The van der Waals surface area contributed by atoms with Gasteiger partial charge in [0.15, 0.2) is 6.17 Å². The molecule has 8 rings (SSSR count). The van der Waals surface area contributed by atoms with Gasteiger partial charge >= 0.3 is 0 Å². The van der Waals surface area contributed by atoms with Crippen molar-refractivity contribution < 1.29 is 5.32 Å². The van der Waals surface area contributed by atoms with Crippen LogP contribution in [0, 0.1) is 45.3 Å². The van der Waals surface area contributed by atoms with Gasteiger partial charge < -0.3 is 0 Å². The van der Waals surface area contributed by atoms with Crippen LogP contribution in [0.1, 0.15) is 34.0 Å². The Morgan fingerprint density at radius 2 is 1.09 bits per heavy atom. The van der Waals surface area contributed by atoms with Crippen LogP contribution in [0.25, 0.3) is 55.0 Å². The first-order valence-electron chi connectivity index (χ1n) is 14.7. The Balaban J connectivity index is 1.43. The van der Waals surface area contributed by atoms with Crippen LogP contribution >= 0.6 is 0 Å². The predicted molar refractivity (Wildman–Crippen MR) is 177 cm³/mol. The van der Waals surface area contributed by atoms with Crippen LogP contribution in [0.4, 0.5) is 0 Å². The minimum absolute atomic E-state index is 0.294. The van der Waals surface area contributed by atoms with Crippen LogP contribution < -0.4 is 5.32 Å². The number of rotatable bonds is 3. The van der Waals surface area contributed by atoms with Gasteiger partial charge in [-0.15, -0.1) is 0 Å². The maximum Gasteiger partial charge on any atom is 0.212 e. The summed E-state index contributed by atoms with van der Waals surface area (Å²) in [5.41, 5.74) is 7.81. The predicted octanol–water partition coefficient (Wildman–Crippen LogP) is 7.05. The van der Waals surface area contributed by atoms with E-state index in [1.807, 2.05) is 91.0 Å². The molecule has 2 N–H and O–H groups in total. The Morgan fingerprint density at radius 3 is 1.72 bits per heavy atom. The van der Waals surface area contributed by atoms with Gasteiger partial charge in [-0.1, -0.05) is 36.4 Å². The molecule has 0 saturated carbocycles. The van der Waals surface area contributed by atoms with Crippen LogP contribution in [0.3, 0.4) is 0 Å². The van der Waals surface area contributed by atoms with Gasteiger partial charge in [0.2, 0.25) is 5.82 Å². The maximum atomic E-state index is 10.1. The summed E-state index contributed by atoms with van der Waals surface area (Å²) >= 11 is 0. The second-order valence-corrected chi connectivity index (χ2v) is 11.3. The second kappa shape index (κ2) is 10.4. The number of hydrogen-bond acceptors (Lipinski definition) is 4. The third kappa shape index (κ3) is 3.99. The monoisotopic (exact) mass is 588 g/mol. The molecule has 0 spiro atoms. The van der Waals surface area contributed by atoms with E-state index in [-0.39, 0.29) is 6.17 Å². The molecule has 0 amide bonds. The molecule has 2 aromatic heterocycles. The van der Waals surface area contributed by atoms with Gasteiger partial charge in [0.05, 0.1) is 68.6 Å². The zero-order valence-corrected chi connectivity index (χ0v) is 24.3. The van der Waals surface area contributed by atoms with Crippen molar-refractivity contribution in [3.05, 3.63) is 143 Å². The molecule has 0 fully saturated rings. The number of nitrogens with zero attached hydrogens (tertiary/aromatic N) is 6. The van der Waals surface area contributed by atoms with Crippen molar-refractivity contribution in [3.8, 4) is 24.3 Å². The first kappa shape index (κ1) is 26.7. The van der Waals surface area contributed by atoms with E-state index in [2.05, 4.69) is 63.0 Å². The summed E-state index contributed by atoms with van der Waals surface area (Å²) in [5.74, 6) is 0.920. The molecule has 7 nitrogen and oxygen atoms in total. The summed E-state index contributed by atoms with van der Waals surface area (Å²) in [6.45, 7) is 0. The van der Waals surface area contributed by atoms with E-state index in [4.69, 9.17) is 0 Å². The topological polar surface area (TPSA) is 122 Å². The fourth-order valence-electron chi connectivity index (χ4n) is 6.78. The first-order chi connectivity index (χ1) is 22.6. The maximum absolute atomic E-state index is 10.1. The Hall–Kier alpha value is -6.90. The molecule has 212 valence electrons. The third-order valence-electron chi connectivity index (χ3n) is 8.77. The average Bonchev–Trinajstić information content (AvgIpc) is 3.62. The fourth-order valence-corrected chi connectivity index (χ4v) is 6.78. The van der Waals surface area contributed by atoms with Crippen molar-refractivity contribution in [3.63, 3.8) is 0 Å². The summed E-state index contributed by atoms with van der Waals surface area (Å²) in [6.07, 6.45) is 3.99. The molecule has 1 unspecified atom stereocenters. The zero-order chi connectivity index (χ0) is 31.4. The SMILES string of the molecule is N#Cc1ccc2c(c1)c1ccccc1n2C1=CC(c2ccccc2C#N)=CC(n2c3ccc(C#N)cc3c3cc(C#N)ccc32)[NH2+]1. The first-order valence-corrected chi connectivity index (χ1v) is 14.7. The second-order valence-electron chi connectivity index (χ2n) is 11.3. The van der Waals surface area contributed by atoms with Crippen molar-refractivity contribution in [1.29, 1.82) is 21.0 Å². The van der Waals surface area contributed by atoms with Crippen molar-refractivity contribution in [2.24, 2.45) is 0 Å². The number of quaternary nitrogens is 1. The number of nitrogens with two attached hydrogens (primary N) is 1. The van der Waals surface area contributed by atoms with Gasteiger partial charge in [-0.3, -0.25) is 14.5 Å². The van der Waals surface area contributed by atoms with Gasteiger partial charge in [-0.2, -0.15) is 21.0 Å². The Bertz CT molecular complexity index is 2600. The third-order valence-corrected chi connectivity index (χ3v) is 8.77. The fraction of sp³-hybridized carbons (Fsp3) is 0.0256.